The number of rotatable bonds is 6. The zero-order chi connectivity index (χ0) is 14.5. The predicted octanol–water partition coefficient (Wildman–Crippen LogP) is 3.08. The number of hydrogen-bond donors (Lipinski definition) is 2. The molecule has 4 nitrogen and oxygen atoms in total. The highest BCUT2D eigenvalue weighted by molar-refractivity contribution is 7.58. The third-order valence-electron chi connectivity index (χ3n) is 2.48. The maximum Gasteiger partial charge on any atom is 0.332 e. The Morgan fingerprint density at radius 1 is 1.32 bits per heavy atom. The molecule has 0 bridgehead atoms. The van der Waals surface area contributed by atoms with Crippen LogP contribution >= 0.6 is 7.37 Å². The topological polar surface area (TPSA) is 74.6 Å². The summed E-state index contributed by atoms with van der Waals surface area (Å²) in [6.07, 6.45) is 1.29. The van der Waals surface area contributed by atoms with Gasteiger partial charge in [0.2, 0.25) is 7.37 Å². The van der Waals surface area contributed by atoms with E-state index in [0.717, 1.165) is 0 Å². The second-order valence-corrected chi connectivity index (χ2v) is 7.34. The van der Waals surface area contributed by atoms with Crippen LogP contribution in [0.5, 0.6) is 0 Å². The molecule has 19 heavy (non-hydrogen) atoms. The Morgan fingerprint density at radius 3 is 2.37 bits per heavy atom. The van der Waals surface area contributed by atoms with E-state index >= 15 is 0 Å². The van der Waals surface area contributed by atoms with Gasteiger partial charge in [0.25, 0.3) is 0 Å². The maximum absolute atomic E-state index is 12.0. The monoisotopic (exact) mass is 282 g/mol. The first-order valence-corrected chi connectivity index (χ1v) is 8.13. The summed E-state index contributed by atoms with van der Waals surface area (Å²) in [7, 11) is -3.44. The van der Waals surface area contributed by atoms with E-state index in [9.17, 15) is 14.3 Å². The third-order valence-corrected chi connectivity index (χ3v) is 4.62. The van der Waals surface area contributed by atoms with Gasteiger partial charge < -0.3 is 10.00 Å². The first-order chi connectivity index (χ1) is 8.80. The van der Waals surface area contributed by atoms with E-state index < -0.39 is 13.3 Å². The normalized spacial score (nSPS) is 15.3. The molecule has 0 spiro atoms. The summed E-state index contributed by atoms with van der Waals surface area (Å²) in [5.74, 6) is -1.09. The van der Waals surface area contributed by atoms with Gasteiger partial charge in [-0.05, 0) is 17.6 Å². The van der Waals surface area contributed by atoms with Gasteiger partial charge in [0.05, 0.1) is 6.16 Å². The SMILES string of the molecule is CC(C)CP(=O)(O)CC(=Cc1ccccc1)C(=O)O. The van der Waals surface area contributed by atoms with Crippen LogP contribution in [0, 0.1) is 5.92 Å². The second kappa shape index (κ2) is 6.69. The van der Waals surface area contributed by atoms with Crippen LogP contribution in [0.25, 0.3) is 6.08 Å². The van der Waals surface area contributed by atoms with Crippen LogP contribution in [0.2, 0.25) is 0 Å². The van der Waals surface area contributed by atoms with Gasteiger partial charge in [0.15, 0.2) is 0 Å². The molecule has 1 atom stereocenters. The molecule has 1 aromatic rings. The first-order valence-electron chi connectivity index (χ1n) is 6.10. The highest BCUT2D eigenvalue weighted by Crippen LogP contribution is 2.44. The van der Waals surface area contributed by atoms with Gasteiger partial charge in [-0.3, -0.25) is 4.57 Å². The van der Waals surface area contributed by atoms with Gasteiger partial charge in [-0.25, -0.2) is 4.79 Å². The van der Waals surface area contributed by atoms with Crippen LogP contribution < -0.4 is 0 Å². The lowest BCUT2D eigenvalue weighted by atomic mass is 10.1. The lowest BCUT2D eigenvalue weighted by molar-refractivity contribution is -0.132. The van der Waals surface area contributed by atoms with E-state index in [-0.39, 0.29) is 23.8 Å². The Bertz CT molecular complexity index is 505. The zero-order valence-electron chi connectivity index (χ0n) is 11.1. The van der Waals surface area contributed by atoms with Crippen molar-refractivity contribution >= 4 is 19.4 Å². The highest BCUT2D eigenvalue weighted by atomic mass is 31.2. The number of carboxylic acid groups (broad SMARTS) is 1. The molecule has 0 fully saturated rings. The number of aliphatic carboxylic acids is 1. The number of carboxylic acids is 1. The predicted molar refractivity (Wildman–Crippen MR) is 76.5 cm³/mol. The molecule has 0 aliphatic heterocycles. The van der Waals surface area contributed by atoms with Crippen molar-refractivity contribution in [2.75, 3.05) is 12.3 Å². The summed E-state index contributed by atoms with van der Waals surface area (Å²) in [6.45, 7) is 3.68. The standard InChI is InChI=1S/C14H19O4P/c1-11(2)9-19(17,18)10-13(14(15)16)8-12-6-4-3-5-7-12/h3-8,11H,9-10H2,1-2H3,(H,15,16)(H,17,18). The summed E-state index contributed by atoms with van der Waals surface area (Å²) in [5.41, 5.74) is 0.683. The number of hydrogen-bond acceptors (Lipinski definition) is 2. The summed E-state index contributed by atoms with van der Waals surface area (Å²) < 4.78 is 12.0. The average molecular weight is 282 g/mol. The number of benzene rings is 1. The Balaban J connectivity index is 2.94. The van der Waals surface area contributed by atoms with Gasteiger partial charge in [-0.2, -0.15) is 0 Å². The van der Waals surface area contributed by atoms with Crippen molar-refractivity contribution in [2.45, 2.75) is 13.8 Å². The smallest absolute Gasteiger partial charge is 0.332 e. The van der Waals surface area contributed by atoms with Crippen molar-refractivity contribution in [3.8, 4) is 0 Å². The van der Waals surface area contributed by atoms with E-state index in [1.807, 2.05) is 19.9 Å². The minimum absolute atomic E-state index is 0.0299. The van der Waals surface area contributed by atoms with E-state index in [0.29, 0.717) is 5.56 Å². The zero-order valence-corrected chi connectivity index (χ0v) is 12.0. The lowest BCUT2D eigenvalue weighted by Crippen LogP contribution is -2.09. The van der Waals surface area contributed by atoms with Gasteiger partial charge >= 0.3 is 5.97 Å². The molecule has 2 N–H and O–H groups in total. The lowest BCUT2D eigenvalue weighted by Gasteiger charge is -2.14. The van der Waals surface area contributed by atoms with Crippen molar-refractivity contribution in [1.29, 1.82) is 0 Å². The Hall–Kier alpha value is -1.38. The molecule has 1 rings (SSSR count). The fraction of sp³-hybridized carbons (Fsp3) is 0.357. The van der Waals surface area contributed by atoms with Crippen molar-refractivity contribution in [3.63, 3.8) is 0 Å². The van der Waals surface area contributed by atoms with E-state index in [1.54, 1.807) is 24.3 Å². The summed E-state index contributed by atoms with van der Waals surface area (Å²) in [6, 6.07) is 8.92. The largest absolute Gasteiger partial charge is 0.478 e. The van der Waals surface area contributed by atoms with Crippen molar-refractivity contribution in [3.05, 3.63) is 41.5 Å². The minimum Gasteiger partial charge on any atom is -0.478 e. The minimum atomic E-state index is -3.44. The molecule has 0 saturated carbocycles. The number of carbonyl (C=O) groups is 1. The molecule has 1 unspecified atom stereocenters. The van der Waals surface area contributed by atoms with Gasteiger partial charge in [0, 0.05) is 11.7 Å². The molecule has 0 aliphatic rings. The van der Waals surface area contributed by atoms with Crippen LogP contribution in [0.4, 0.5) is 0 Å². The van der Waals surface area contributed by atoms with Gasteiger partial charge in [0.1, 0.15) is 0 Å². The highest BCUT2D eigenvalue weighted by Gasteiger charge is 2.24. The molecule has 5 heteroatoms. The average Bonchev–Trinajstić information content (AvgIpc) is 2.27. The van der Waals surface area contributed by atoms with Crippen LogP contribution in [0.1, 0.15) is 19.4 Å². The van der Waals surface area contributed by atoms with Gasteiger partial charge in [-0.1, -0.05) is 44.2 Å². The molecule has 104 valence electrons. The summed E-state index contributed by atoms with van der Waals surface area (Å²) in [5, 5.41) is 9.13. The van der Waals surface area contributed by atoms with E-state index in [2.05, 4.69) is 0 Å². The Morgan fingerprint density at radius 2 is 1.89 bits per heavy atom. The van der Waals surface area contributed by atoms with Crippen LogP contribution in [-0.2, 0) is 9.36 Å². The fourth-order valence-corrected chi connectivity index (χ4v) is 3.86. The van der Waals surface area contributed by atoms with E-state index in [4.69, 9.17) is 5.11 Å². The van der Waals surface area contributed by atoms with Gasteiger partial charge in [-0.15, -0.1) is 0 Å². The van der Waals surface area contributed by atoms with Crippen LogP contribution in [0.3, 0.4) is 0 Å². The summed E-state index contributed by atoms with van der Waals surface area (Å²) in [4.78, 5) is 21.0. The van der Waals surface area contributed by atoms with E-state index in [1.165, 1.54) is 6.08 Å². The molecule has 0 aliphatic carbocycles. The second-order valence-electron chi connectivity index (χ2n) is 4.97. The van der Waals surface area contributed by atoms with Crippen LogP contribution in [0.15, 0.2) is 35.9 Å². The summed E-state index contributed by atoms with van der Waals surface area (Å²) >= 11 is 0. The van der Waals surface area contributed by atoms with Crippen molar-refractivity contribution in [1.82, 2.24) is 0 Å². The molecule has 0 radical (unpaired) electrons. The Labute approximate surface area is 113 Å². The quantitative estimate of drug-likeness (QED) is 0.621. The van der Waals surface area contributed by atoms with Crippen molar-refractivity contribution < 1.29 is 19.4 Å². The first kappa shape index (κ1) is 15.7. The molecular weight excluding hydrogens is 263 g/mol. The molecular formula is C14H19O4P. The molecule has 1 aromatic carbocycles. The Kier molecular flexibility index (Phi) is 5.52. The molecule has 0 amide bonds. The maximum atomic E-state index is 12.0. The third kappa shape index (κ3) is 5.86. The molecule has 0 saturated heterocycles. The van der Waals surface area contributed by atoms with Crippen molar-refractivity contribution in [2.24, 2.45) is 5.92 Å². The molecule has 0 aromatic heterocycles. The van der Waals surface area contributed by atoms with Crippen LogP contribution in [-0.4, -0.2) is 28.3 Å². The molecule has 0 heterocycles. The fourth-order valence-electron chi connectivity index (χ4n) is 1.83.